The van der Waals surface area contributed by atoms with Gasteiger partial charge in [0, 0.05) is 19.0 Å². The molecule has 3 rings (SSSR count). The highest BCUT2D eigenvalue weighted by molar-refractivity contribution is 5.68. The van der Waals surface area contributed by atoms with Crippen molar-refractivity contribution in [1.29, 1.82) is 5.26 Å². The molecular weight excluding hydrogens is 399 g/mol. The minimum absolute atomic E-state index is 0.119. The van der Waals surface area contributed by atoms with Gasteiger partial charge in [0.05, 0.1) is 12.1 Å². The van der Waals surface area contributed by atoms with Crippen LogP contribution in [0.4, 0.5) is 9.18 Å². The van der Waals surface area contributed by atoms with Gasteiger partial charge in [-0.3, -0.25) is 0 Å². The topological polar surface area (TPSA) is 71.8 Å². The van der Waals surface area contributed by atoms with Crippen molar-refractivity contribution in [2.45, 2.75) is 51.7 Å². The molecule has 0 N–H and O–H groups in total. The second kappa shape index (κ2) is 9.69. The third kappa shape index (κ3) is 6.35. The number of piperidine rings is 1. The van der Waals surface area contributed by atoms with Crippen molar-refractivity contribution in [3.63, 3.8) is 0 Å². The van der Waals surface area contributed by atoms with E-state index in [0.717, 1.165) is 5.56 Å². The molecule has 0 spiro atoms. The van der Waals surface area contributed by atoms with Gasteiger partial charge in [0.2, 0.25) is 0 Å². The number of hydrogen-bond acceptors (Lipinski definition) is 5. The van der Waals surface area contributed by atoms with Crippen LogP contribution in [0.15, 0.2) is 48.5 Å². The number of alkyl halides is 1. The monoisotopic (exact) mass is 426 g/mol. The molecule has 1 aliphatic rings. The molecule has 31 heavy (non-hydrogen) atoms. The Hall–Kier alpha value is -3.27. The minimum Gasteiger partial charge on any atom is -0.489 e. The zero-order valence-corrected chi connectivity index (χ0v) is 18.0. The quantitative estimate of drug-likeness (QED) is 0.683. The average molecular weight is 426 g/mol. The molecule has 6 nitrogen and oxygen atoms in total. The van der Waals surface area contributed by atoms with Crippen LogP contribution in [0.3, 0.4) is 0 Å². The number of carbonyl (C=O) groups excluding carboxylic acids is 1. The summed E-state index contributed by atoms with van der Waals surface area (Å²) in [5.41, 5.74) is 0.666. The van der Waals surface area contributed by atoms with E-state index < -0.39 is 24.0 Å². The fraction of sp³-hybridized carbons (Fsp3) is 0.417. The lowest BCUT2D eigenvalue weighted by Gasteiger charge is -2.35. The number of hydrogen-bond donors (Lipinski definition) is 0. The molecule has 2 atom stereocenters. The van der Waals surface area contributed by atoms with Crippen molar-refractivity contribution in [1.82, 2.24) is 4.90 Å². The molecule has 1 fully saturated rings. The van der Waals surface area contributed by atoms with Crippen LogP contribution in [0.5, 0.6) is 11.5 Å². The van der Waals surface area contributed by atoms with Crippen LogP contribution in [0, 0.1) is 11.3 Å². The van der Waals surface area contributed by atoms with Crippen LogP contribution in [-0.4, -0.2) is 42.0 Å². The van der Waals surface area contributed by atoms with Gasteiger partial charge in [-0.25, -0.2) is 9.18 Å². The van der Waals surface area contributed by atoms with Crippen molar-refractivity contribution in [2.75, 3.05) is 13.1 Å². The van der Waals surface area contributed by atoms with E-state index in [-0.39, 0.29) is 12.3 Å². The summed E-state index contributed by atoms with van der Waals surface area (Å²) in [7, 11) is 0. The number of halogens is 1. The lowest BCUT2D eigenvalue weighted by Crippen LogP contribution is -2.50. The van der Waals surface area contributed by atoms with Gasteiger partial charge in [0.1, 0.15) is 35.9 Å². The molecule has 0 unspecified atom stereocenters. The normalized spacial score (nSPS) is 18.7. The second-order valence-electron chi connectivity index (χ2n) is 8.43. The number of rotatable bonds is 5. The van der Waals surface area contributed by atoms with Gasteiger partial charge in [0.15, 0.2) is 6.17 Å². The van der Waals surface area contributed by atoms with Gasteiger partial charge in [-0.05, 0) is 38.5 Å². The van der Waals surface area contributed by atoms with Crippen LogP contribution in [0.2, 0.25) is 0 Å². The van der Waals surface area contributed by atoms with E-state index in [4.69, 9.17) is 14.2 Å². The Morgan fingerprint density at radius 1 is 1.23 bits per heavy atom. The summed E-state index contributed by atoms with van der Waals surface area (Å²) in [5.74, 6) is 0.797. The molecule has 164 valence electrons. The summed E-state index contributed by atoms with van der Waals surface area (Å²) in [5, 5.41) is 9.40. The number of nitrogens with zero attached hydrogens (tertiary/aromatic N) is 2. The smallest absolute Gasteiger partial charge is 0.410 e. The molecule has 2 aromatic carbocycles. The number of amides is 1. The van der Waals surface area contributed by atoms with Crippen molar-refractivity contribution in [3.05, 3.63) is 59.7 Å². The van der Waals surface area contributed by atoms with Gasteiger partial charge in [0.25, 0.3) is 0 Å². The largest absolute Gasteiger partial charge is 0.489 e. The highest BCUT2D eigenvalue weighted by Gasteiger charge is 2.35. The lowest BCUT2D eigenvalue weighted by molar-refractivity contribution is -0.0106. The molecule has 0 bridgehead atoms. The fourth-order valence-electron chi connectivity index (χ4n) is 3.19. The van der Waals surface area contributed by atoms with E-state index in [1.54, 1.807) is 39.0 Å². The van der Waals surface area contributed by atoms with Crippen molar-refractivity contribution < 1.29 is 23.4 Å². The second-order valence-corrected chi connectivity index (χ2v) is 8.43. The molecule has 0 radical (unpaired) electrons. The predicted octanol–water partition coefficient (Wildman–Crippen LogP) is 4.86. The molecule has 2 aromatic rings. The summed E-state index contributed by atoms with van der Waals surface area (Å²) in [6.45, 7) is 5.86. The Morgan fingerprint density at radius 2 is 1.97 bits per heavy atom. The standard InChI is InChI=1S/C24H27FN2O4/c1-24(2,3)31-23(28)27-12-11-21(20(25)15-27)30-22-13-19(10-9-18(22)14-26)29-16-17-7-5-4-6-8-17/h4-10,13,20-21H,11-12,15-16H2,1-3H3/t20-,21-/m0/s1. The Bertz CT molecular complexity index is 937. The first-order valence-electron chi connectivity index (χ1n) is 10.2. The van der Waals surface area contributed by atoms with Crippen LogP contribution in [0.1, 0.15) is 38.3 Å². The van der Waals surface area contributed by atoms with Crippen LogP contribution in [-0.2, 0) is 11.3 Å². The van der Waals surface area contributed by atoms with E-state index in [1.165, 1.54) is 4.90 Å². The first kappa shape index (κ1) is 22.4. The predicted molar refractivity (Wildman–Crippen MR) is 114 cm³/mol. The van der Waals surface area contributed by atoms with E-state index >= 15 is 0 Å². The van der Waals surface area contributed by atoms with Crippen molar-refractivity contribution >= 4 is 6.09 Å². The van der Waals surface area contributed by atoms with Crippen molar-refractivity contribution in [3.8, 4) is 17.6 Å². The SMILES string of the molecule is CC(C)(C)OC(=O)N1CC[C@H](Oc2cc(OCc3ccccc3)ccc2C#N)[C@@H](F)C1. The lowest BCUT2D eigenvalue weighted by atomic mass is 10.1. The molecule has 1 heterocycles. The van der Waals surface area contributed by atoms with Crippen LogP contribution in [0.25, 0.3) is 0 Å². The summed E-state index contributed by atoms with van der Waals surface area (Å²) in [4.78, 5) is 13.5. The summed E-state index contributed by atoms with van der Waals surface area (Å²) in [6, 6.07) is 16.6. The maximum atomic E-state index is 14.8. The van der Waals surface area contributed by atoms with Crippen molar-refractivity contribution in [2.24, 2.45) is 0 Å². The Balaban J connectivity index is 1.63. The minimum atomic E-state index is -1.40. The van der Waals surface area contributed by atoms with Gasteiger partial charge < -0.3 is 19.1 Å². The molecular formula is C24H27FN2O4. The maximum Gasteiger partial charge on any atom is 0.410 e. The van der Waals surface area contributed by atoms with Gasteiger partial charge in [-0.15, -0.1) is 0 Å². The zero-order chi connectivity index (χ0) is 22.4. The first-order valence-corrected chi connectivity index (χ1v) is 10.2. The van der Waals surface area contributed by atoms with E-state index in [2.05, 4.69) is 6.07 Å². The molecule has 1 aliphatic heterocycles. The van der Waals surface area contributed by atoms with E-state index in [9.17, 15) is 14.4 Å². The van der Waals surface area contributed by atoms with Crippen LogP contribution < -0.4 is 9.47 Å². The third-order valence-corrected chi connectivity index (χ3v) is 4.73. The van der Waals surface area contributed by atoms with E-state index in [0.29, 0.717) is 30.9 Å². The fourth-order valence-corrected chi connectivity index (χ4v) is 3.19. The average Bonchev–Trinajstić information content (AvgIpc) is 2.73. The van der Waals surface area contributed by atoms with Gasteiger partial charge in [-0.1, -0.05) is 30.3 Å². The molecule has 1 amide bonds. The highest BCUT2D eigenvalue weighted by atomic mass is 19.1. The van der Waals surface area contributed by atoms with E-state index in [1.807, 2.05) is 30.3 Å². The van der Waals surface area contributed by atoms with Crippen LogP contribution >= 0.6 is 0 Å². The molecule has 0 aromatic heterocycles. The number of likely N-dealkylation sites (tertiary alicyclic amines) is 1. The zero-order valence-electron chi connectivity index (χ0n) is 18.0. The number of nitriles is 1. The maximum absolute atomic E-state index is 14.8. The highest BCUT2D eigenvalue weighted by Crippen LogP contribution is 2.29. The number of carbonyl (C=O) groups is 1. The molecule has 1 saturated heterocycles. The Kier molecular flexibility index (Phi) is 7.01. The molecule has 7 heteroatoms. The summed E-state index contributed by atoms with van der Waals surface area (Å²) in [6.07, 6.45) is -2.42. The Morgan fingerprint density at radius 3 is 2.61 bits per heavy atom. The molecule has 0 aliphatic carbocycles. The Labute approximate surface area is 182 Å². The third-order valence-electron chi connectivity index (χ3n) is 4.73. The first-order chi connectivity index (χ1) is 14.7. The molecule has 0 saturated carbocycles. The number of benzene rings is 2. The van der Waals surface area contributed by atoms with Gasteiger partial charge >= 0.3 is 6.09 Å². The summed E-state index contributed by atoms with van der Waals surface area (Å²) >= 11 is 0. The summed E-state index contributed by atoms with van der Waals surface area (Å²) < 4.78 is 31.8. The van der Waals surface area contributed by atoms with Gasteiger partial charge in [-0.2, -0.15) is 5.26 Å². The number of ether oxygens (including phenoxy) is 3.